The van der Waals surface area contributed by atoms with Gasteiger partial charge in [0.25, 0.3) is 0 Å². The van der Waals surface area contributed by atoms with Gasteiger partial charge in [0.15, 0.2) is 0 Å². The molecule has 0 amide bonds. The molecule has 0 bridgehead atoms. The predicted octanol–water partition coefficient (Wildman–Crippen LogP) is 3.35. The molecule has 0 aliphatic carbocycles. The molecule has 1 aliphatic rings. The van der Waals surface area contributed by atoms with Gasteiger partial charge in [-0.15, -0.1) is 0 Å². The third-order valence-electron chi connectivity index (χ3n) is 3.89. The summed E-state index contributed by atoms with van der Waals surface area (Å²) >= 11 is 0. The standard InChI is InChI=1S/C14H32N4.CH4O.F6P.N2.H2O.Ru/c1-15-7-5-8-17(3)13-14-18(4)10-6-9-16(2)12-11-15;1-2;1-7(2,3,4,5)6;1-2;;/h5-14H2,1-4H3;2H,1H3;;;1H2;/q;;-1;;;+6/p-1. The normalized spacial score (nSPS) is 20.6. The van der Waals surface area contributed by atoms with Gasteiger partial charge >= 0.3 is 52.5 Å². The molecule has 8 nitrogen and oxygen atoms in total. The van der Waals surface area contributed by atoms with Crippen molar-refractivity contribution in [1.29, 1.82) is 10.8 Å². The van der Waals surface area contributed by atoms with Gasteiger partial charge in [-0.05, 0) is 67.2 Å². The van der Waals surface area contributed by atoms with Gasteiger partial charge in [-0.1, -0.05) is 0 Å². The smallest absolute Gasteiger partial charge is 0.870 e. The van der Waals surface area contributed by atoms with Crippen molar-refractivity contribution in [2.24, 2.45) is 0 Å². The summed E-state index contributed by atoms with van der Waals surface area (Å²) in [7, 11) is -0.683. The topological polar surface area (TPSA) is 111 Å². The van der Waals surface area contributed by atoms with Crippen LogP contribution in [0.3, 0.4) is 0 Å². The van der Waals surface area contributed by atoms with E-state index in [0.717, 1.165) is 7.11 Å². The predicted molar refractivity (Wildman–Crippen MR) is 106 cm³/mol. The van der Waals surface area contributed by atoms with Crippen LogP contribution >= 0.6 is 7.81 Å². The van der Waals surface area contributed by atoms with Gasteiger partial charge in [-0.2, -0.15) is 0 Å². The van der Waals surface area contributed by atoms with Crippen molar-refractivity contribution >= 4 is 7.81 Å². The zero-order chi connectivity index (χ0) is 23.8. The fourth-order valence-corrected chi connectivity index (χ4v) is 2.35. The Morgan fingerprint density at radius 1 is 0.548 bits per heavy atom. The fraction of sp³-hybridized carbons (Fsp3) is 1.00. The van der Waals surface area contributed by atoms with Crippen molar-refractivity contribution in [1.82, 2.24) is 19.6 Å². The molecule has 16 heteroatoms. The zero-order valence-corrected chi connectivity index (χ0v) is 21.3. The maximum atomic E-state index is 9.87. The van der Waals surface area contributed by atoms with E-state index in [1.54, 1.807) is 0 Å². The molecule has 1 aliphatic heterocycles. The molecule has 190 valence electrons. The molecule has 0 unspecified atom stereocenters. The van der Waals surface area contributed by atoms with Gasteiger partial charge in [0.05, 0.1) is 0 Å². The maximum Gasteiger partial charge on any atom is 6.00 e. The van der Waals surface area contributed by atoms with E-state index in [0.29, 0.717) is 0 Å². The monoisotopic (exact) mass is 580 g/mol. The van der Waals surface area contributed by atoms with Gasteiger partial charge in [0.2, 0.25) is 0 Å². The molecule has 1 saturated heterocycles. The molecule has 0 aromatic heterocycles. The second kappa shape index (κ2) is 18.3. The molecule has 1 fully saturated rings. The number of aliphatic hydroxyl groups excluding tert-OH is 1. The third-order valence-corrected chi connectivity index (χ3v) is 3.89. The number of rotatable bonds is 0. The van der Waals surface area contributed by atoms with Crippen LogP contribution in [0.5, 0.6) is 0 Å². The minimum atomic E-state index is -10.7. The van der Waals surface area contributed by atoms with Crippen LogP contribution in [0.4, 0.5) is 25.2 Å². The van der Waals surface area contributed by atoms with E-state index in [-0.39, 0.29) is 25.0 Å². The molecule has 0 aromatic rings. The first-order valence-electron chi connectivity index (χ1n) is 8.98. The average molecular weight is 580 g/mol. The van der Waals surface area contributed by atoms with Crippen molar-refractivity contribution < 1.29 is 55.2 Å². The Kier molecular flexibility index (Phi) is 24.2. The van der Waals surface area contributed by atoms with Crippen molar-refractivity contribution in [3.05, 3.63) is 0 Å². The molecule has 0 radical (unpaired) electrons. The average Bonchev–Trinajstić information content (AvgIpc) is 2.58. The van der Waals surface area contributed by atoms with Crippen LogP contribution in [-0.2, 0) is 19.5 Å². The first-order valence-corrected chi connectivity index (χ1v) is 11.0. The van der Waals surface area contributed by atoms with E-state index in [2.05, 4.69) is 47.8 Å². The summed E-state index contributed by atoms with van der Waals surface area (Å²) in [5.41, 5.74) is 0. The molecule has 1 heterocycles. The third kappa shape index (κ3) is 48.5. The maximum absolute atomic E-state index is 10.7. The Bertz CT molecular complexity index is 382. The molecule has 2 N–H and O–H groups in total. The van der Waals surface area contributed by atoms with Gasteiger partial charge in [-0.3, -0.25) is 0 Å². The molecule has 1 rings (SSSR count). The van der Waals surface area contributed by atoms with Gasteiger partial charge in [0.1, 0.15) is 0 Å². The summed E-state index contributed by atoms with van der Waals surface area (Å²) in [6.45, 7) is 9.63. The number of likely N-dealkylation sites (N-methyl/N-ethyl adjacent to an activating group) is 4. The number of halogens is 6. The number of nitrogens with zero attached hydrogens (tertiary/aromatic N) is 6. The van der Waals surface area contributed by atoms with Gasteiger partial charge < -0.3 is 30.2 Å². The fourth-order valence-electron chi connectivity index (χ4n) is 2.35. The summed E-state index contributed by atoms with van der Waals surface area (Å²) in [5.74, 6) is 0. The summed E-state index contributed by atoms with van der Waals surface area (Å²) in [6.07, 6.45) is 2.56. The molecule has 31 heavy (non-hydrogen) atoms. The number of aliphatic hydroxyl groups is 1. The molecule has 0 atom stereocenters. The van der Waals surface area contributed by atoms with Crippen LogP contribution in [0, 0.1) is 10.8 Å². The number of hydrogen-bond acceptors (Lipinski definition) is 8. The van der Waals surface area contributed by atoms with Gasteiger partial charge in [0, 0.05) is 44.1 Å². The summed E-state index contributed by atoms with van der Waals surface area (Å²) in [5, 5.41) is 19.0. The minimum Gasteiger partial charge on any atom is -0.870 e. The SMILES string of the molecule is CN1CCCN(C)CCN(C)CCCN(C)CC1.CO.F[P-](F)(F)(F)(F)F.N#N.[OH-].[Ru+6]. The van der Waals surface area contributed by atoms with E-state index in [9.17, 15) is 25.2 Å². The van der Waals surface area contributed by atoms with E-state index in [1.807, 2.05) is 0 Å². The Morgan fingerprint density at radius 3 is 0.806 bits per heavy atom. The molecule has 0 saturated carbocycles. The van der Waals surface area contributed by atoms with E-state index in [4.69, 9.17) is 15.9 Å². The van der Waals surface area contributed by atoms with Gasteiger partial charge in [-0.25, -0.2) is 0 Å². The second-order valence-electron chi connectivity index (χ2n) is 6.88. The molecular weight excluding hydrogens is 542 g/mol. The molecule has 0 aromatic carbocycles. The Labute approximate surface area is 194 Å². The van der Waals surface area contributed by atoms with Crippen molar-refractivity contribution in [2.45, 2.75) is 12.8 Å². The van der Waals surface area contributed by atoms with Crippen LogP contribution in [0.15, 0.2) is 0 Å². The van der Waals surface area contributed by atoms with Crippen LogP contribution in [0.1, 0.15) is 12.8 Å². The van der Waals surface area contributed by atoms with E-state index >= 15 is 0 Å². The van der Waals surface area contributed by atoms with Crippen LogP contribution < -0.4 is 0 Å². The van der Waals surface area contributed by atoms with Crippen molar-refractivity contribution in [3.8, 4) is 0 Å². The Balaban J connectivity index is -0.000000148. The zero-order valence-electron chi connectivity index (χ0n) is 18.7. The number of hydrogen-bond donors (Lipinski definition) is 1. The Hall–Kier alpha value is -0.187. The van der Waals surface area contributed by atoms with Crippen molar-refractivity contribution in [3.63, 3.8) is 0 Å². The van der Waals surface area contributed by atoms with Crippen LogP contribution in [0.25, 0.3) is 0 Å². The van der Waals surface area contributed by atoms with Crippen LogP contribution in [-0.4, -0.2) is 118 Å². The largest absolute Gasteiger partial charge is 6.00 e. The van der Waals surface area contributed by atoms with Crippen molar-refractivity contribution in [2.75, 3.05) is 87.7 Å². The first kappa shape index (κ1) is 41.1. The first-order chi connectivity index (χ1) is 13.0. The quantitative estimate of drug-likeness (QED) is 0.201. The second-order valence-corrected chi connectivity index (χ2v) is 8.80. The van der Waals surface area contributed by atoms with E-state index < -0.39 is 7.81 Å². The molecular formula is C15H37F6N6O2PRu+4. The molecule has 0 spiro atoms. The van der Waals surface area contributed by atoms with E-state index in [1.165, 1.54) is 65.2 Å². The minimum absolute atomic E-state index is 0. The summed E-state index contributed by atoms with van der Waals surface area (Å²) in [4.78, 5) is 9.84. The van der Waals surface area contributed by atoms with Crippen LogP contribution in [0.2, 0.25) is 0 Å². The summed E-state index contributed by atoms with van der Waals surface area (Å²) < 4.78 is 59.2. The summed E-state index contributed by atoms with van der Waals surface area (Å²) in [6, 6.07) is 0. The Morgan fingerprint density at radius 2 is 0.677 bits per heavy atom.